The standard InChI is InChI=1S/C13H18BrNO3S/c1-9-2-4-11(14)7-13(9)19(17,18)15-8-10-3-5-12(16)6-10/h2,4,7,10,12,15-16H,3,5-6,8H2,1H3. The molecule has 1 aromatic rings. The Labute approximate surface area is 122 Å². The van der Waals surface area contributed by atoms with Gasteiger partial charge in [-0.1, -0.05) is 22.0 Å². The van der Waals surface area contributed by atoms with Crippen LogP contribution in [0.1, 0.15) is 24.8 Å². The van der Waals surface area contributed by atoms with Crippen LogP contribution in [0, 0.1) is 12.8 Å². The number of hydrogen-bond acceptors (Lipinski definition) is 3. The molecule has 0 spiro atoms. The summed E-state index contributed by atoms with van der Waals surface area (Å²) < 4.78 is 27.9. The van der Waals surface area contributed by atoms with Crippen molar-refractivity contribution in [2.24, 2.45) is 5.92 Å². The first kappa shape index (κ1) is 15.0. The number of aryl methyl sites for hydroxylation is 1. The Hall–Kier alpha value is -0.430. The highest BCUT2D eigenvalue weighted by Gasteiger charge is 2.25. The van der Waals surface area contributed by atoms with E-state index in [1.807, 2.05) is 6.07 Å². The molecule has 0 heterocycles. The third-order valence-electron chi connectivity index (χ3n) is 3.52. The van der Waals surface area contributed by atoms with Gasteiger partial charge in [0.15, 0.2) is 0 Å². The van der Waals surface area contributed by atoms with Crippen molar-refractivity contribution in [3.63, 3.8) is 0 Å². The van der Waals surface area contributed by atoms with Crippen molar-refractivity contribution in [3.05, 3.63) is 28.2 Å². The molecule has 1 saturated carbocycles. The Kier molecular flexibility index (Phi) is 4.66. The van der Waals surface area contributed by atoms with Gasteiger partial charge in [-0.2, -0.15) is 0 Å². The molecule has 0 bridgehead atoms. The van der Waals surface area contributed by atoms with Crippen LogP contribution in [0.4, 0.5) is 0 Å². The van der Waals surface area contributed by atoms with E-state index >= 15 is 0 Å². The molecule has 2 atom stereocenters. The van der Waals surface area contributed by atoms with E-state index in [9.17, 15) is 13.5 Å². The molecule has 2 N–H and O–H groups in total. The molecule has 1 fully saturated rings. The molecule has 6 heteroatoms. The smallest absolute Gasteiger partial charge is 0.240 e. The van der Waals surface area contributed by atoms with Crippen LogP contribution >= 0.6 is 15.9 Å². The minimum Gasteiger partial charge on any atom is -0.393 e. The zero-order chi connectivity index (χ0) is 14.0. The van der Waals surface area contributed by atoms with Crippen LogP contribution in [0.5, 0.6) is 0 Å². The van der Waals surface area contributed by atoms with E-state index in [-0.39, 0.29) is 12.0 Å². The summed E-state index contributed by atoms with van der Waals surface area (Å²) in [4.78, 5) is 0.306. The Morgan fingerprint density at radius 2 is 2.16 bits per heavy atom. The van der Waals surface area contributed by atoms with Gasteiger partial charge in [-0.15, -0.1) is 0 Å². The topological polar surface area (TPSA) is 66.4 Å². The molecule has 1 aliphatic rings. The maximum absolute atomic E-state index is 12.2. The van der Waals surface area contributed by atoms with Gasteiger partial charge < -0.3 is 5.11 Å². The number of aliphatic hydroxyl groups is 1. The number of benzene rings is 1. The van der Waals surface area contributed by atoms with Gasteiger partial charge in [0.05, 0.1) is 11.0 Å². The summed E-state index contributed by atoms with van der Waals surface area (Å²) in [5.41, 5.74) is 0.724. The lowest BCUT2D eigenvalue weighted by molar-refractivity contribution is 0.178. The van der Waals surface area contributed by atoms with Gasteiger partial charge in [0.25, 0.3) is 0 Å². The second-order valence-electron chi connectivity index (χ2n) is 5.09. The minimum absolute atomic E-state index is 0.234. The summed E-state index contributed by atoms with van der Waals surface area (Å²) >= 11 is 3.29. The first-order chi connectivity index (χ1) is 8.88. The van der Waals surface area contributed by atoms with Gasteiger partial charge in [0.1, 0.15) is 0 Å². The van der Waals surface area contributed by atoms with Crippen LogP contribution in [-0.4, -0.2) is 26.2 Å². The second kappa shape index (κ2) is 5.91. The third-order valence-corrected chi connectivity index (χ3v) is 5.57. The third kappa shape index (κ3) is 3.78. The first-order valence-corrected chi connectivity index (χ1v) is 8.60. The first-order valence-electron chi connectivity index (χ1n) is 6.32. The largest absolute Gasteiger partial charge is 0.393 e. The van der Waals surface area contributed by atoms with Crippen molar-refractivity contribution in [3.8, 4) is 0 Å². The minimum atomic E-state index is -3.48. The van der Waals surface area contributed by atoms with Crippen LogP contribution in [0.25, 0.3) is 0 Å². The molecule has 0 aromatic heterocycles. The van der Waals surface area contributed by atoms with E-state index in [0.717, 1.165) is 22.9 Å². The highest BCUT2D eigenvalue weighted by Crippen LogP contribution is 2.26. The van der Waals surface area contributed by atoms with Crippen LogP contribution in [-0.2, 0) is 10.0 Å². The number of halogens is 1. The zero-order valence-electron chi connectivity index (χ0n) is 10.8. The fourth-order valence-corrected chi connectivity index (χ4v) is 4.30. The van der Waals surface area contributed by atoms with Crippen molar-refractivity contribution in [1.82, 2.24) is 4.72 Å². The average molecular weight is 348 g/mol. The van der Waals surface area contributed by atoms with E-state index in [4.69, 9.17) is 0 Å². The van der Waals surface area contributed by atoms with Gasteiger partial charge in [-0.05, 0) is 49.8 Å². The fraction of sp³-hybridized carbons (Fsp3) is 0.538. The van der Waals surface area contributed by atoms with Gasteiger partial charge >= 0.3 is 0 Å². The van der Waals surface area contributed by atoms with Gasteiger partial charge in [-0.3, -0.25) is 0 Å². The molecular weight excluding hydrogens is 330 g/mol. The van der Waals surface area contributed by atoms with Crippen LogP contribution < -0.4 is 4.72 Å². The normalized spacial score (nSPS) is 23.7. The Morgan fingerprint density at radius 3 is 2.79 bits per heavy atom. The lowest BCUT2D eigenvalue weighted by atomic mass is 10.1. The fourth-order valence-electron chi connectivity index (χ4n) is 2.40. The van der Waals surface area contributed by atoms with E-state index in [2.05, 4.69) is 20.7 Å². The molecule has 0 aliphatic heterocycles. The van der Waals surface area contributed by atoms with Crippen molar-refractivity contribution < 1.29 is 13.5 Å². The SMILES string of the molecule is Cc1ccc(Br)cc1S(=O)(=O)NCC1CCC(O)C1. The summed E-state index contributed by atoms with van der Waals surface area (Å²) in [6.45, 7) is 2.17. The van der Waals surface area contributed by atoms with Crippen molar-refractivity contribution in [2.45, 2.75) is 37.2 Å². The number of hydrogen-bond donors (Lipinski definition) is 2. The van der Waals surface area contributed by atoms with Crippen molar-refractivity contribution >= 4 is 26.0 Å². The molecule has 19 heavy (non-hydrogen) atoms. The summed E-state index contributed by atoms with van der Waals surface area (Å²) in [6, 6.07) is 5.21. The lowest BCUT2D eigenvalue weighted by Gasteiger charge is -2.13. The predicted molar refractivity (Wildman–Crippen MR) is 77.4 cm³/mol. The lowest BCUT2D eigenvalue weighted by Crippen LogP contribution is -2.29. The summed E-state index contributed by atoms with van der Waals surface area (Å²) in [6.07, 6.45) is 2.05. The van der Waals surface area contributed by atoms with Gasteiger partial charge in [-0.25, -0.2) is 13.1 Å². The Bertz CT molecular complexity index is 559. The van der Waals surface area contributed by atoms with E-state index in [0.29, 0.717) is 17.9 Å². The maximum atomic E-state index is 12.2. The summed E-state index contributed by atoms with van der Waals surface area (Å²) in [5.74, 6) is 0.234. The number of rotatable bonds is 4. The Morgan fingerprint density at radius 1 is 1.42 bits per heavy atom. The molecule has 1 aromatic carbocycles. The molecule has 2 rings (SSSR count). The molecule has 0 saturated heterocycles. The summed E-state index contributed by atoms with van der Waals surface area (Å²) in [5, 5.41) is 9.44. The van der Waals surface area contributed by atoms with Crippen molar-refractivity contribution in [1.29, 1.82) is 0 Å². The van der Waals surface area contributed by atoms with Crippen molar-refractivity contribution in [2.75, 3.05) is 6.54 Å². The molecular formula is C13H18BrNO3S. The number of aliphatic hydroxyl groups excluding tert-OH is 1. The number of nitrogens with one attached hydrogen (secondary N) is 1. The molecule has 1 aliphatic carbocycles. The van der Waals surface area contributed by atoms with Gasteiger partial charge in [0, 0.05) is 11.0 Å². The highest BCUT2D eigenvalue weighted by atomic mass is 79.9. The second-order valence-corrected chi connectivity index (χ2v) is 7.75. The maximum Gasteiger partial charge on any atom is 0.240 e. The molecule has 106 valence electrons. The van der Waals surface area contributed by atoms with Crippen LogP contribution in [0.15, 0.2) is 27.6 Å². The predicted octanol–water partition coefficient (Wildman–Crippen LogP) is 2.20. The molecule has 0 radical (unpaired) electrons. The number of sulfonamides is 1. The van der Waals surface area contributed by atoms with Crippen LogP contribution in [0.3, 0.4) is 0 Å². The monoisotopic (exact) mass is 347 g/mol. The molecule has 0 amide bonds. The van der Waals surface area contributed by atoms with E-state index < -0.39 is 10.0 Å². The Balaban J connectivity index is 2.08. The van der Waals surface area contributed by atoms with E-state index in [1.54, 1.807) is 19.1 Å². The summed E-state index contributed by atoms with van der Waals surface area (Å²) in [7, 11) is -3.48. The molecule has 2 unspecified atom stereocenters. The zero-order valence-corrected chi connectivity index (χ0v) is 13.2. The van der Waals surface area contributed by atoms with E-state index in [1.165, 1.54) is 0 Å². The van der Waals surface area contributed by atoms with Gasteiger partial charge in [0.2, 0.25) is 10.0 Å². The average Bonchev–Trinajstić information content (AvgIpc) is 2.76. The highest BCUT2D eigenvalue weighted by molar-refractivity contribution is 9.10. The quantitative estimate of drug-likeness (QED) is 0.877. The van der Waals surface area contributed by atoms with Crippen LogP contribution in [0.2, 0.25) is 0 Å². The molecule has 4 nitrogen and oxygen atoms in total.